The lowest BCUT2D eigenvalue weighted by atomic mass is 10.1. The van der Waals surface area contributed by atoms with Crippen LogP contribution in [0.4, 0.5) is 0 Å². The third kappa shape index (κ3) is 5.29. The Morgan fingerprint density at radius 2 is 1.88 bits per heavy atom. The van der Waals surface area contributed by atoms with E-state index < -0.39 is 0 Å². The summed E-state index contributed by atoms with van der Waals surface area (Å²) < 4.78 is 3.48. The van der Waals surface area contributed by atoms with Crippen LogP contribution in [-0.4, -0.2) is 50.1 Å². The highest BCUT2D eigenvalue weighted by molar-refractivity contribution is 9.10. The largest absolute Gasteiger partial charge is 0.342 e. The summed E-state index contributed by atoms with van der Waals surface area (Å²) in [5.41, 5.74) is 3.02. The minimum Gasteiger partial charge on any atom is -0.342 e. The summed E-state index contributed by atoms with van der Waals surface area (Å²) in [5.74, 6) is 0.00431. The molecule has 34 heavy (non-hydrogen) atoms. The second-order valence-corrected chi connectivity index (χ2v) is 10.6. The van der Waals surface area contributed by atoms with Crippen molar-refractivity contribution in [1.29, 1.82) is 0 Å². The van der Waals surface area contributed by atoms with E-state index in [0.29, 0.717) is 28.9 Å². The molecule has 1 aliphatic rings. The van der Waals surface area contributed by atoms with Crippen molar-refractivity contribution in [3.63, 3.8) is 0 Å². The van der Waals surface area contributed by atoms with Gasteiger partial charge >= 0.3 is 0 Å². The Hall–Kier alpha value is -2.42. The number of halogens is 1. The smallest absolute Gasteiger partial charge is 0.266 e. The number of thioether (sulfide) groups is 1. The minimum absolute atomic E-state index is 0.0685. The molecule has 2 heterocycles. The predicted molar refractivity (Wildman–Crippen MR) is 148 cm³/mol. The van der Waals surface area contributed by atoms with E-state index in [1.54, 1.807) is 4.90 Å². The normalized spacial score (nSPS) is 15.0. The molecule has 0 saturated carbocycles. The van der Waals surface area contributed by atoms with E-state index >= 15 is 0 Å². The van der Waals surface area contributed by atoms with E-state index in [0.717, 1.165) is 27.4 Å². The molecule has 1 aromatic heterocycles. The molecule has 176 valence electrons. The van der Waals surface area contributed by atoms with Crippen molar-refractivity contribution in [3.05, 3.63) is 75.2 Å². The van der Waals surface area contributed by atoms with Crippen molar-refractivity contribution in [2.75, 3.05) is 19.6 Å². The van der Waals surface area contributed by atoms with Gasteiger partial charge in [0.2, 0.25) is 5.91 Å². The van der Waals surface area contributed by atoms with Crippen molar-refractivity contribution in [1.82, 2.24) is 14.4 Å². The van der Waals surface area contributed by atoms with Gasteiger partial charge in [0.05, 0.1) is 4.91 Å². The second-order valence-electron chi connectivity index (χ2n) is 8.01. The van der Waals surface area contributed by atoms with Gasteiger partial charge in [-0.25, -0.2) is 0 Å². The monoisotopic (exact) mass is 555 g/mol. The Morgan fingerprint density at radius 1 is 1.15 bits per heavy atom. The molecule has 0 atom stereocenters. The number of hydrogen-bond acceptors (Lipinski definition) is 4. The number of hydrogen-bond donors (Lipinski definition) is 0. The lowest BCUT2D eigenvalue weighted by Crippen LogP contribution is -2.33. The number of aromatic nitrogens is 1. The standard InChI is InChI=1S/C26H26BrN3O2S2/c1-3-28(4-2)24(31)17-29-16-19(21-15-20(27)10-11-22(21)29)14-23-25(32)30(26(33)34-23)13-12-18-8-6-5-7-9-18/h5-11,14-16H,3-4,12-13,17H2,1-2H3/b23-14-. The Morgan fingerprint density at radius 3 is 2.59 bits per heavy atom. The fourth-order valence-corrected chi connectivity index (χ4v) is 5.74. The van der Waals surface area contributed by atoms with Crippen LogP contribution in [0.25, 0.3) is 17.0 Å². The molecule has 1 aliphatic heterocycles. The quantitative estimate of drug-likeness (QED) is 0.263. The van der Waals surface area contributed by atoms with Crippen LogP contribution in [0, 0.1) is 0 Å². The molecule has 2 aromatic carbocycles. The van der Waals surface area contributed by atoms with E-state index in [-0.39, 0.29) is 18.4 Å². The van der Waals surface area contributed by atoms with Gasteiger partial charge < -0.3 is 9.47 Å². The SMILES string of the molecule is CCN(CC)C(=O)Cn1cc(/C=C2\SC(=S)N(CCc3ccccc3)C2=O)c2cc(Br)ccc21. The first-order valence-corrected chi connectivity index (χ1v) is 13.3. The van der Waals surface area contributed by atoms with Crippen LogP contribution in [0.2, 0.25) is 0 Å². The second kappa shape index (κ2) is 10.9. The average molecular weight is 557 g/mol. The molecule has 1 fully saturated rings. The number of nitrogens with zero attached hydrogens (tertiary/aromatic N) is 3. The molecule has 0 unspecified atom stereocenters. The number of thiocarbonyl (C=S) groups is 1. The maximum absolute atomic E-state index is 13.2. The summed E-state index contributed by atoms with van der Waals surface area (Å²) in [5, 5.41) is 0.983. The van der Waals surface area contributed by atoms with Crippen molar-refractivity contribution in [2.24, 2.45) is 0 Å². The maximum atomic E-state index is 13.2. The minimum atomic E-state index is -0.0685. The first-order valence-electron chi connectivity index (χ1n) is 11.3. The summed E-state index contributed by atoms with van der Waals surface area (Å²) in [6.45, 7) is 6.13. The Kier molecular flexibility index (Phi) is 7.91. The van der Waals surface area contributed by atoms with E-state index in [9.17, 15) is 9.59 Å². The molecule has 0 radical (unpaired) electrons. The fraction of sp³-hybridized carbons (Fsp3) is 0.269. The molecule has 1 saturated heterocycles. The number of benzene rings is 2. The molecular formula is C26H26BrN3O2S2. The van der Waals surface area contributed by atoms with E-state index in [1.165, 1.54) is 17.3 Å². The average Bonchev–Trinajstić information content (AvgIpc) is 3.29. The molecule has 0 spiro atoms. The van der Waals surface area contributed by atoms with Gasteiger partial charge in [0.15, 0.2) is 0 Å². The summed E-state index contributed by atoms with van der Waals surface area (Å²) in [6, 6.07) is 16.1. The van der Waals surface area contributed by atoms with Crippen molar-refractivity contribution in [2.45, 2.75) is 26.8 Å². The van der Waals surface area contributed by atoms with Gasteiger partial charge in [-0.2, -0.15) is 0 Å². The van der Waals surface area contributed by atoms with E-state index in [2.05, 4.69) is 28.1 Å². The fourth-order valence-electron chi connectivity index (χ4n) is 4.08. The summed E-state index contributed by atoms with van der Waals surface area (Å²) >= 11 is 10.4. The Balaban J connectivity index is 1.61. The van der Waals surface area contributed by atoms with Crippen LogP contribution >= 0.6 is 39.9 Å². The number of likely N-dealkylation sites (N-methyl/N-ethyl adjacent to an activating group) is 1. The van der Waals surface area contributed by atoms with Gasteiger partial charge in [-0.1, -0.05) is 70.2 Å². The van der Waals surface area contributed by atoms with Crippen LogP contribution < -0.4 is 0 Å². The number of amides is 2. The van der Waals surface area contributed by atoms with Crippen LogP contribution in [0.5, 0.6) is 0 Å². The molecule has 0 aliphatic carbocycles. The van der Waals surface area contributed by atoms with Crippen molar-refractivity contribution in [3.8, 4) is 0 Å². The zero-order chi connectivity index (χ0) is 24.2. The molecular weight excluding hydrogens is 530 g/mol. The Labute approximate surface area is 217 Å². The lowest BCUT2D eigenvalue weighted by molar-refractivity contribution is -0.131. The lowest BCUT2D eigenvalue weighted by Gasteiger charge is -2.19. The highest BCUT2D eigenvalue weighted by Gasteiger charge is 2.32. The third-order valence-corrected chi connectivity index (χ3v) is 7.79. The van der Waals surface area contributed by atoms with Gasteiger partial charge in [0.1, 0.15) is 10.9 Å². The molecule has 4 rings (SSSR count). The molecule has 5 nitrogen and oxygen atoms in total. The van der Waals surface area contributed by atoms with Gasteiger partial charge in [-0.3, -0.25) is 14.5 Å². The summed E-state index contributed by atoms with van der Waals surface area (Å²) in [6.07, 6.45) is 4.60. The van der Waals surface area contributed by atoms with Crippen LogP contribution in [-0.2, 0) is 22.6 Å². The number of rotatable bonds is 8. The van der Waals surface area contributed by atoms with E-state index in [1.807, 2.05) is 72.0 Å². The highest BCUT2D eigenvalue weighted by atomic mass is 79.9. The predicted octanol–water partition coefficient (Wildman–Crippen LogP) is 5.72. The molecule has 8 heteroatoms. The summed E-state index contributed by atoms with van der Waals surface area (Å²) in [7, 11) is 0. The van der Waals surface area contributed by atoms with Gasteiger partial charge in [0.25, 0.3) is 5.91 Å². The molecule has 3 aromatic rings. The topological polar surface area (TPSA) is 45.6 Å². The van der Waals surface area contributed by atoms with Gasteiger partial charge in [-0.05, 0) is 50.1 Å². The van der Waals surface area contributed by atoms with Crippen molar-refractivity contribution >= 4 is 73.0 Å². The van der Waals surface area contributed by atoms with Crippen molar-refractivity contribution < 1.29 is 9.59 Å². The first-order chi connectivity index (χ1) is 16.4. The molecule has 0 bridgehead atoms. The molecule has 0 N–H and O–H groups in total. The number of fused-ring (bicyclic) bond motifs is 1. The zero-order valence-corrected chi connectivity index (χ0v) is 22.4. The maximum Gasteiger partial charge on any atom is 0.266 e. The summed E-state index contributed by atoms with van der Waals surface area (Å²) in [4.78, 5) is 30.0. The Bertz CT molecular complexity index is 1270. The first kappa shape index (κ1) is 24.7. The van der Waals surface area contributed by atoms with Gasteiger partial charge in [-0.15, -0.1) is 0 Å². The number of carbonyl (C=O) groups excluding carboxylic acids is 2. The number of carbonyl (C=O) groups is 2. The highest BCUT2D eigenvalue weighted by Crippen LogP contribution is 2.35. The molecule has 2 amide bonds. The van der Waals surface area contributed by atoms with Crippen LogP contribution in [0.3, 0.4) is 0 Å². The third-order valence-electron chi connectivity index (χ3n) is 5.92. The van der Waals surface area contributed by atoms with Crippen LogP contribution in [0.15, 0.2) is 64.1 Å². The zero-order valence-electron chi connectivity index (χ0n) is 19.2. The van der Waals surface area contributed by atoms with Crippen LogP contribution in [0.1, 0.15) is 25.0 Å². The van der Waals surface area contributed by atoms with Gasteiger partial charge in [0, 0.05) is 46.8 Å². The van der Waals surface area contributed by atoms with E-state index in [4.69, 9.17) is 12.2 Å².